The highest BCUT2D eigenvalue weighted by molar-refractivity contribution is 7.91. The van der Waals surface area contributed by atoms with E-state index in [2.05, 4.69) is 5.32 Å². The van der Waals surface area contributed by atoms with E-state index in [0.717, 1.165) is 0 Å². The van der Waals surface area contributed by atoms with Crippen LogP contribution < -0.4 is 10.1 Å². The number of ketones is 1. The van der Waals surface area contributed by atoms with Crippen LogP contribution in [0, 0.1) is 0 Å². The van der Waals surface area contributed by atoms with E-state index in [9.17, 15) is 22.8 Å². The van der Waals surface area contributed by atoms with E-state index in [4.69, 9.17) is 4.74 Å². The number of nitrogens with one attached hydrogen (secondary N) is 1. The van der Waals surface area contributed by atoms with Crippen molar-refractivity contribution >= 4 is 27.4 Å². The number of benzene rings is 1. The highest BCUT2D eigenvalue weighted by Crippen LogP contribution is 2.39. The average molecular weight is 435 g/mol. The zero-order valence-electron chi connectivity index (χ0n) is 16.9. The van der Waals surface area contributed by atoms with Crippen molar-refractivity contribution in [3.8, 4) is 5.75 Å². The maximum Gasteiger partial charge on any atom is 0.242 e. The van der Waals surface area contributed by atoms with Crippen molar-refractivity contribution in [3.05, 3.63) is 29.8 Å². The van der Waals surface area contributed by atoms with Crippen LogP contribution in [-0.4, -0.2) is 66.7 Å². The maximum absolute atomic E-state index is 12.8. The van der Waals surface area contributed by atoms with Crippen molar-refractivity contribution in [2.75, 3.05) is 18.1 Å². The Morgan fingerprint density at radius 2 is 2.03 bits per heavy atom. The standard InChI is InChI=1S/C21H26N2O6S/c1-14(20(26)22-15-7-11-30(27,28)13-15)23-10-9-21(8-6-19(23)25)12-17(24)16-4-2-3-5-18(16)29-21/h2-5,14-15H,6-13H2,1H3,(H,22,26)/t14-,15-,21+/m1/s1. The van der Waals surface area contributed by atoms with Crippen LogP contribution in [0.1, 0.15) is 49.4 Å². The molecule has 3 aliphatic heterocycles. The maximum atomic E-state index is 12.8. The number of hydrogen-bond acceptors (Lipinski definition) is 6. The monoisotopic (exact) mass is 434 g/mol. The first-order chi connectivity index (χ1) is 14.2. The summed E-state index contributed by atoms with van der Waals surface area (Å²) in [5.41, 5.74) is -0.180. The van der Waals surface area contributed by atoms with Crippen LogP contribution in [0.3, 0.4) is 0 Å². The van der Waals surface area contributed by atoms with Gasteiger partial charge in [0.25, 0.3) is 0 Å². The molecule has 0 aliphatic carbocycles. The number of likely N-dealkylation sites (tertiary alicyclic amines) is 1. The normalized spacial score (nSPS) is 29.1. The van der Waals surface area contributed by atoms with Crippen LogP contribution in [0.4, 0.5) is 0 Å². The summed E-state index contributed by atoms with van der Waals surface area (Å²) < 4.78 is 29.5. The molecule has 1 aromatic carbocycles. The van der Waals surface area contributed by atoms with Crippen LogP contribution in [0.5, 0.6) is 5.75 Å². The number of carbonyl (C=O) groups excluding carboxylic acids is 3. The van der Waals surface area contributed by atoms with E-state index < -0.39 is 27.5 Å². The number of hydrogen-bond donors (Lipinski definition) is 1. The molecule has 2 amide bonds. The van der Waals surface area contributed by atoms with Crippen LogP contribution in [0.25, 0.3) is 0 Å². The molecule has 30 heavy (non-hydrogen) atoms. The number of sulfone groups is 1. The van der Waals surface area contributed by atoms with Crippen molar-refractivity contribution in [3.63, 3.8) is 0 Å². The molecular weight excluding hydrogens is 408 g/mol. The number of carbonyl (C=O) groups is 3. The minimum Gasteiger partial charge on any atom is -0.486 e. The molecule has 3 heterocycles. The second-order valence-electron chi connectivity index (χ2n) is 8.50. The van der Waals surface area contributed by atoms with Gasteiger partial charge in [-0.2, -0.15) is 0 Å². The Bertz CT molecular complexity index is 991. The van der Waals surface area contributed by atoms with Gasteiger partial charge in [-0.05, 0) is 31.9 Å². The lowest BCUT2D eigenvalue weighted by Gasteiger charge is -2.37. The van der Waals surface area contributed by atoms with Crippen molar-refractivity contribution in [2.24, 2.45) is 0 Å². The van der Waals surface area contributed by atoms with Crippen molar-refractivity contribution in [1.29, 1.82) is 0 Å². The summed E-state index contributed by atoms with van der Waals surface area (Å²) in [6, 6.07) is 6.00. The van der Waals surface area contributed by atoms with Crippen LogP contribution in [0.2, 0.25) is 0 Å². The van der Waals surface area contributed by atoms with Gasteiger partial charge in [0.1, 0.15) is 17.4 Å². The predicted molar refractivity (Wildman–Crippen MR) is 109 cm³/mol. The van der Waals surface area contributed by atoms with Crippen LogP contribution >= 0.6 is 0 Å². The molecule has 8 nitrogen and oxygen atoms in total. The minimum atomic E-state index is -3.10. The van der Waals surface area contributed by atoms with Crippen molar-refractivity contribution in [2.45, 2.75) is 56.7 Å². The van der Waals surface area contributed by atoms with E-state index >= 15 is 0 Å². The van der Waals surface area contributed by atoms with Gasteiger partial charge in [-0.25, -0.2) is 8.42 Å². The topological polar surface area (TPSA) is 110 Å². The van der Waals surface area contributed by atoms with Gasteiger partial charge in [0.2, 0.25) is 11.8 Å². The highest BCUT2D eigenvalue weighted by Gasteiger charge is 2.44. The van der Waals surface area contributed by atoms with Gasteiger partial charge in [-0.3, -0.25) is 14.4 Å². The molecule has 2 fully saturated rings. The Kier molecular flexibility index (Phi) is 5.34. The van der Waals surface area contributed by atoms with Crippen LogP contribution in [-0.2, 0) is 19.4 Å². The second kappa shape index (κ2) is 7.68. The first kappa shape index (κ1) is 20.8. The molecule has 162 valence electrons. The molecule has 0 bridgehead atoms. The SMILES string of the molecule is C[C@H](C(=O)N[C@@H]1CCS(=O)(=O)C1)N1CC[C@@]2(CCC1=O)CC(=O)c1ccccc1O2. The number of rotatable bonds is 3. The quantitative estimate of drug-likeness (QED) is 0.763. The summed E-state index contributed by atoms with van der Waals surface area (Å²) in [6.07, 6.45) is 1.66. The molecule has 0 saturated carbocycles. The second-order valence-corrected chi connectivity index (χ2v) is 10.7. The van der Waals surface area contributed by atoms with E-state index in [1.54, 1.807) is 25.1 Å². The van der Waals surface area contributed by atoms with Gasteiger partial charge in [0, 0.05) is 25.4 Å². The van der Waals surface area contributed by atoms with Gasteiger partial charge >= 0.3 is 0 Å². The molecule has 9 heteroatoms. The van der Waals surface area contributed by atoms with Crippen molar-refractivity contribution < 1.29 is 27.5 Å². The first-order valence-corrected chi connectivity index (χ1v) is 12.1. The summed E-state index contributed by atoms with van der Waals surface area (Å²) in [7, 11) is -3.10. The van der Waals surface area contributed by atoms with Crippen LogP contribution in [0.15, 0.2) is 24.3 Å². The molecule has 1 aromatic rings. The molecule has 1 N–H and O–H groups in total. The first-order valence-electron chi connectivity index (χ1n) is 10.3. The fourth-order valence-corrected chi connectivity index (χ4v) is 6.23. The third-order valence-electron chi connectivity index (χ3n) is 6.35. The number of fused-ring (bicyclic) bond motifs is 1. The lowest BCUT2D eigenvalue weighted by molar-refractivity contribution is -0.139. The Morgan fingerprint density at radius 3 is 2.77 bits per heavy atom. The molecule has 1 spiro atoms. The summed E-state index contributed by atoms with van der Waals surface area (Å²) >= 11 is 0. The Balaban J connectivity index is 1.44. The zero-order chi connectivity index (χ0) is 21.5. The lowest BCUT2D eigenvalue weighted by Crippen LogP contribution is -2.51. The van der Waals surface area contributed by atoms with Gasteiger partial charge in [0.15, 0.2) is 15.6 Å². The van der Waals surface area contributed by atoms with E-state index in [1.807, 2.05) is 6.07 Å². The number of Topliss-reactive ketones (excluding diaryl/α,β-unsaturated/α-hetero) is 1. The number of amides is 2. The average Bonchev–Trinajstić information content (AvgIpc) is 2.96. The Hall–Kier alpha value is -2.42. The molecular formula is C21H26N2O6S. The molecule has 3 aliphatic rings. The smallest absolute Gasteiger partial charge is 0.242 e. The summed E-state index contributed by atoms with van der Waals surface area (Å²) in [5, 5.41) is 2.77. The van der Waals surface area contributed by atoms with Gasteiger partial charge in [-0.1, -0.05) is 12.1 Å². The Labute approximate surface area is 175 Å². The Morgan fingerprint density at radius 1 is 1.27 bits per heavy atom. The summed E-state index contributed by atoms with van der Waals surface area (Å²) in [5.74, 6) is 0.0482. The largest absolute Gasteiger partial charge is 0.486 e. The molecule has 2 saturated heterocycles. The number of para-hydroxylation sites is 1. The molecule has 3 atom stereocenters. The number of ether oxygens (including phenoxy) is 1. The minimum absolute atomic E-state index is 0.00554. The van der Waals surface area contributed by atoms with Gasteiger partial charge in [-0.15, -0.1) is 0 Å². The fourth-order valence-electron chi connectivity index (χ4n) is 4.56. The third kappa shape index (κ3) is 4.08. The van der Waals surface area contributed by atoms with Gasteiger partial charge < -0.3 is 15.0 Å². The van der Waals surface area contributed by atoms with Crippen molar-refractivity contribution in [1.82, 2.24) is 10.2 Å². The zero-order valence-corrected chi connectivity index (χ0v) is 17.7. The summed E-state index contributed by atoms with van der Waals surface area (Å²) in [4.78, 5) is 39.6. The molecule has 0 aromatic heterocycles. The molecule has 4 rings (SSSR count). The third-order valence-corrected chi connectivity index (χ3v) is 8.11. The summed E-state index contributed by atoms with van der Waals surface area (Å²) in [6.45, 7) is 1.95. The fraction of sp³-hybridized carbons (Fsp3) is 0.571. The predicted octanol–water partition coefficient (Wildman–Crippen LogP) is 1.09. The molecule has 0 unspecified atom stereocenters. The molecule has 0 radical (unpaired) electrons. The van der Waals surface area contributed by atoms with E-state index in [1.165, 1.54) is 4.90 Å². The highest BCUT2D eigenvalue weighted by atomic mass is 32.2. The van der Waals surface area contributed by atoms with E-state index in [0.29, 0.717) is 37.1 Å². The lowest BCUT2D eigenvalue weighted by atomic mass is 9.84. The van der Waals surface area contributed by atoms with E-state index in [-0.39, 0.29) is 41.9 Å². The number of nitrogens with zero attached hydrogens (tertiary/aromatic N) is 1. The van der Waals surface area contributed by atoms with Gasteiger partial charge in [0.05, 0.1) is 23.5 Å².